The molecule has 1 aromatic heterocycles. The molecule has 4 heteroatoms. The maximum Gasteiger partial charge on any atom is 0.278 e. The smallest absolute Gasteiger partial charge is 0.278 e. The summed E-state index contributed by atoms with van der Waals surface area (Å²) in [6, 6.07) is 26.3. The van der Waals surface area contributed by atoms with Crippen LogP contribution in [0.2, 0.25) is 0 Å². The van der Waals surface area contributed by atoms with Crippen LogP contribution in [-0.2, 0) is 0 Å². The second-order valence-corrected chi connectivity index (χ2v) is 6.13. The lowest BCUT2D eigenvalue weighted by atomic mass is 10.1. The number of carbonyl (C=O) groups excluding carboxylic acids is 1. The summed E-state index contributed by atoms with van der Waals surface area (Å²) in [6.07, 6.45) is 1.69. The number of carbonyl (C=O) groups is 1. The Bertz CT molecular complexity index is 1100. The molecule has 0 aliphatic rings. The molecule has 0 aliphatic heterocycles. The van der Waals surface area contributed by atoms with Gasteiger partial charge < -0.3 is 4.42 Å². The van der Waals surface area contributed by atoms with E-state index < -0.39 is 0 Å². The Kier molecular flexibility index (Phi) is 4.54. The zero-order chi connectivity index (χ0) is 18.6. The second kappa shape index (κ2) is 7.30. The standard InChI is InChI=1S/C23H18N2O2/c1-17-21(20-14-8-9-15-22(20)27-17)16-24-25(19-12-6-3-7-13-19)23(26)18-10-4-2-5-11-18/h2-16H,1H3. The molecule has 0 fully saturated rings. The van der Waals surface area contributed by atoms with Gasteiger partial charge in [0.1, 0.15) is 11.3 Å². The number of anilines is 1. The number of rotatable bonds is 4. The topological polar surface area (TPSA) is 45.8 Å². The van der Waals surface area contributed by atoms with Crippen molar-refractivity contribution >= 4 is 28.8 Å². The maximum absolute atomic E-state index is 13.0. The SMILES string of the molecule is Cc1oc2ccccc2c1C=NN(C(=O)c1ccccc1)c1ccccc1. The van der Waals surface area contributed by atoms with Gasteiger partial charge in [-0.3, -0.25) is 4.79 Å². The molecule has 0 radical (unpaired) electrons. The molecule has 1 heterocycles. The first-order valence-electron chi connectivity index (χ1n) is 8.71. The highest BCUT2D eigenvalue weighted by molar-refractivity contribution is 6.07. The van der Waals surface area contributed by atoms with Gasteiger partial charge in [-0.25, -0.2) is 0 Å². The van der Waals surface area contributed by atoms with E-state index in [1.807, 2.05) is 79.7 Å². The molecule has 0 aliphatic carbocycles. The van der Waals surface area contributed by atoms with Crippen molar-refractivity contribution in [2.24, 2.45) is 5.10 Å². The van der Waals surface area contributed by atoms with Gasteiger partial charge in [0.05, 0.1) is 11.9 Å². The molecule has 0 N–H and O–H groups in total. The third kappa shape index (κ3) is 3.37. The predicted molar refractivity (Wildman–Crippen MR) is 108 cm³/mol. The first-order chi connectivity index (χ1) is 13.2. The number of hydrogen-bond acceptors (Lipinski definition) is 3. The number of hydrogen-bond donors (Lipinski definition) is 0. The predicted octanol–water partition coefficient (Wildman–Crippen LogP) is 5.42. The quantitative estimate of drug-likeness (QED) is 0.363. The molecule has 132 valence electrons. The Morgan fingerprint density at radius 2 is 1.52 bits per heavy atom. The van der Waals surface area contributed by atoms with E-state index in [-0.39, 0.29) is 5.91 Å². The highest BCUT2D eigenvalue weighted by atomic mass is 16.3. The average molecular weight is 354 g/mol. The third-order valence-corrected chi connectivity index (χ3v) is 4.34. The van der Waals surface area contributed by atoms with E-state index in [2.05, 4.69) is 5.10 Å². The molecule has 27 heavy (non-hydrogen) atoms. The minimum absolute atomic E-state index is 0.191. The second-order valence-electron chi connectivity index (χ2n) is 6.13. The van der Waals surface area contributed by atoms with Crippen molar-refractivity contribution in [2.75, 3.05) is 5.01 Å². The minimum Gasteiger partial charge on any atom is -0.461 e. The summed E-state index contributed by atoms with van der Waals surface area (Å²) < 4.78 is 5.79. The minimum atomic E-state index is -0.191. The Morgan fingerprint density at radius 1 is 0.889 bits per heavy atom. The van der Waals surface area contributed by atoms with Gasteiger partial charge in [0, 0.05) is 16.5 Å². The lowest BCUT2D eigenvalue weighted by Crippen LogP contribution is -2.25. The van der Waals surface area contributed by atoms with Gasteiger partial charge in [0.2, 0.25) is 0 Å². The molecule has 0 spiro atoms. The summed E-state index contributed by atoms with van der Waals surface area (Å²) in [5, 5.41) is 6.91. The summed E-state index contributed by atoms with van der Waals surface area (Å²) in [5.41, 5.74) is 2.95. The van der Waals surface area contributed by atoms with Gasteiger partial charge in [-0.2, -0.15) is 10.1 Å². The summed E-state index contributed by atoms with van der Waals surface area (Å²) in [5.74, 6) is 0.573. The fourth-order valence-corrected chi connectivity index (χ4v) is 2.97. The van der Waals surface area contributed by atoms with Crippen molar-refractivity contribution in [3.05, 3.63) is 102 Å². The summed E-state index contributed by atoms with van der Waals surface area (Å²) in [4.78, 5) is 13.0. The zero-order valence-electron chi connectivity index (χ0n) is 14.9. The van der Waals surface area contributed by atoms with Crippen LogP contribution in [-0.4, -0.2) is 12.1 Å². The van der Waals surface area contributed by atoms with Crippen LogP contribution in [0.25, 0.3) is 11.0 Å². The molecule has 0 unspecified atom stereocenters. The van der Waals surface area contributed by atoms with Crippen LogP contribution in [0.1, 0.15) is 21.7 Å². The normalized spacial score (nSPS) is 11.1. The Morgan fingerprint density at radius 3 is 2.26 bits per heavy atom. The van der Waals surface area contributed by atoms with Crippen molar-refractivity contribution < 1.29 is 9.21 Å². The van der Waals surface area contributed by atoms with Crippen LogP contribution >= 0.6 is 0 Å². The molecule has 4 aromatic rings. The van der Waals surface area contributed by atoms with Crippen LogP contribution in [0.5, 0.6) is 0 Å². The molecular formula is C23H18N2O2. The van der Waals surface area contributed by atoms with Crippen molar-refractivity contribution in [2.45, 2.75) is 6.92 Å². The number of benzene rings is 3. The van der Waals surface area contributed by atoms with Gasteiger partial charge in [0.25, 0.3) is 5.91 Å². The van der Waals surface area contributed by atoms with Crippen molar-refractivity contribution in [3.8, 4) is 0 Å². The lowest BCUT2D eigenvalue weighted by molar-refractivity contribution is 0.0988. The van der Waals surface area contributed by atoms with Crippen LogP contribution in [0, 0.1) is 6.92 Å². The monoisotopic (exact) mass is 354 g/mol. The number of amides is 1. The molecule has 4 rings (SSSR count). The van der Waals surface area contributed by atoms with Crippen molar-refractivity contribution in [3.63, 3.8) is 0 Å². The van der Waals surface area contributed by atoms with Gasteiger partial charge in [-0.15, -0.1) is 0 Å². The summed E-state index contributed by atoms with van der Waals surface area (Å²) in [6.45, 7) is 1.90. The largest absolute Gasteiger partial charge is 0.461 e. The molecule has 0 saturated carbocycles. The van der Waals surface area contributed by atoms with Crippen LogP contribution in [0.4, 0.5) is 5.69 Å². The van der Waals surface area contributed by atoms with E-state index in [0.717, 1.165) is 22.3 Å². The molecular weight excluding hydrogens is 336 g/mol. The Labute approximate surface area is 157 Å². The molecule has 3 aromatic carbocycles. The Balaban J connectivity index is 1.76. The fourth-order valence-electron chi connectivity index (χ4n) is 2.97. The van der Waals surface area contributed by atoms with Crippen LogP contribution in [0.15, 0.2) is 94.4 Å². The number of fused-ring (bicyclic) bond motifs is 1. The highest BCUT2D eigenvalue weighted by Crippen LogP contribution is 2.24. The van der Waals surface area contributed by atoms with Crippen LogP contribution in [0.3, 0.4) is 0 Å². The van der Waals surface area contributed by atoms with E-state index in [1.165, 1.54) is 5.01 Å². The van der Waals surface area contributed by atoms with Crippen molar-refractivity contribution in [1.82, 2.24) is 0 Å². The molecule has 0 saturated heterocycles. The van der Waals surface area contributed by atoms with Gasteiger partial charge >= 0.3 is 0 Å². The summed E-state index contributed by atoms with van der Waals surface area (Å²) >= 11 is 0. The Hall–Kier alpha value is -3.66. The average Bonchev–Trinajstić information content (AvgIpc) is 3.05. The molecule has 0 atom stereocenters. The highest BCUT2D eigenvalue weighted by Gasteiger charge is 2.17. The summed E-state index contributed by atoms with van der Waals surface area (Å²) in [7, 11) is 0. The molecule has 1 amide bonds. The third-order valence-electron chi connectivity index (χ3n) is 4.34. The van der Waals surface area contributed by atoms with Crippen molar-refractivity contribution in [1.29, 1.82) is 0 Å². The van der Waals surface area contributed by atoms with Gasteiger partial charge in [-0.1, -0.05) is 54.6 Å². The maximum atomic E-state index is 13.0. The zero-order valence-corrected chi connectivity index (χ0v) is 14.9. The number of nitrogens with zero attached hydrogens (tertiary/aromatic N) is 2. The van der Waals surface area contributed by atoms with Gasteiger partial charge in [-0.05, 0) is 37.3 Å². The first kappa shape index (κ1) is 16.8. The van der Waals surface area contributed by atoms with E-state index >= 15 is 0 Å². The molecule has 4 nitrogen and oxygen atoms in total. The number of furan rings is 1. The number of para-hydroxylation sites is 2. The van der Waals surface area contributed by atoms with E-state index in [0.29, 0.717) is 11.3 Å². The van der Waals surface area contributed by atoms with E-state index in [9.17, 15) is 4.79 Å². The number of hydrazone groups is 1. The van der Waals surface area contributed by atoms with E-state index in [1.54, 1.807) is 18.3 Å². The number of aryl methyl sites for hydroxylation is 1. The fraction of sp³-hybridized carbons (Fsp3) is 0.0435. The van der Waals surface area contributed by atoms with Gasteiger partial charge in [0.15, 0.2) is 0 Å². The van der Waals surface area contributed by atoms with Crippen LogP contribution < -0.4 is 5.01 Å². The first-order valence-corrected chi connectivity index (χ1v) is 8.71. The molecule has 0 bridgehead atoms. The lowest BCUT2D eigenvalue weighted by Gasteiger charge is -2.17. The van der Waals surface area contributed by atoms with E-state index in [4.69, 9.17) is 4.42 Å².